The van der Waals surface area contributed by atoms with E-state index in [1.165, 1.54) is 5.69 Å². The van der Waals surface area contributed by atoms with Crippen LogP contribution in [0.25, 0.3) is 0 Å². The Kier molecular flexibility index (Phi) is 2.59. The van der Waals surface area contributed by atoms with Gasteiger partial charge >= 0.3 is 0 Å². The van der Waals surface area contributed by atoms with Gasteiger partial charge in [-0.3, -0.25) is 0 Å². The summed E-state index contributed by atoms with van der Waals surface area (Å²) in [7, 11) is 0. The maximum Gasteiger partial charge on any atom is 0.0952 e. The van der Waals surface area contributed by atoms with Crippen molar-refractivity contribution >= 4 is 0 Å². The lowest BCUT2D eigenvalue weighted by molar-refractivity contribution is 0.0874. The van der Waals surface area contributed by atoms with Crippen molar-refractivity contribution in [1.29, 1.82) is 0 Å². The highest BCUT2D eigenvalue weighted by Gasteiger charge is 2.32. The van der Waals surface area contributed by atoms with Gasteiger partial charge in [0, 0.05) is 5.69 Å². The molecule has 1 fully saturated rings. The van der Waals surface area contributed by atoms with Crippen LogP contribution in [0.1, 0.15) is 31.7 Å². The molecule has 15 heavy (non-hydrogen) atoms. The maximum absolute atomic E-state index is 5.79. The summed E-state index contributed by atoms with van der Waals surface area (Å²) in [5, 5.41) is 0. The molecule has 1 unspecified atom stereocenters. The lowest BCUT2D eigenvalue weighted by Gasteiger charge is -2.14. The summed E-state index contributed by atoms with van der Waals surface area (Å²) in [5.74, 6) is 0. The molecule has 1 atom stereocenters. The number of nitrogens with zero attached hydrogens (tertiary/aromatic N) is 2. The largest absolute Gasteiger partial charge is 0.376 e. The van der Waals surface area contributed by atoms with Gasteiger partial charge in [-0.2, -0.15) is 0 Å². The van der Waals surface area contributed by atoms with Crippen LogP contribution in [-0.2, 0) is 11.3 Å². The van der Waals surface area contributed by atoms with E-state index in [1.54, 1.807) is 0 Å². The van der Waals surface area contributed by atoms with Crippen molar-refractivity contribution in [1.82, 2.24) is 9.55 Å². The summed E-state index contributed by atoms with van der Waals surface area (Å²) in [6.45, 7) is 10.5. The van der Waals surface area contributed by atoms with Gasteiger partial charge in [0.25, 0.3) is 0 Å². The number of hydrogen-bond acceptors (Lipinski definition) is 2. The molecule has 3 nitrogen and oxygen atoms in total. The average molecular weight is 208 g/mol. The third-order valence-corrected chi connectivity index (χ3v) is 3.24. The lowest BCUT2D eigenvalue weighted by Crippen LogP contribution is -2.16. The predicted octanol–water partition coefficient (Wildman–Crippen LogP) is 2.32. The van der Waals surface area contributed by atoms with E-state index in [9.17, 15) is 0 Å². The minimum atomic E-state index is 0.341. The molecule has 2 heterocycles. The van der Waals surface area contributed by atoms with Crippen LogP contribution in [0.2, 0.25) is 0 Å². The minimum absolute atomic E-state index is 0.341. The molecule has 0 aliphatic carbocycles. The first-order chi connectivity index (χ1) is 6.98. The Morgan fingerprint density at radius 3 is 2.73 bits per heavy atom. The van der Waals surface area contributed by atoms with Gasteiger partial charge in [0.1, 0.15) is 0 Å². The van der Waals surface area contributed by atoms with Crippen molar-refractivity contribution in [3.8, 4) is 0 Å². The molecule has 0 aromatic carbocycles. The Bertz CT molecular complexity index is 355. The molecule has 0 saturated carbocycles. The first kappa shape index (κ1) is 10.7. The van der Waals surface area contributed by atoms with Crippen molar-refractivity contribution < 1.29 is 4.74 Å². The van der Waals surface area contributed by atoms with Gasteiger partial charge in [0.15, 0.2) is 0 Å². The zero-order valence-corrected chi connectivity index (χ0v) is 10.1. The summed E-state index contributed by atoms with van der Waals surface area (Å²) in [5.41, 5.74) is 2.71. The lowest BCUT2D eigenvalue weighted by atomic mass is 9.91. The third kappa shape index (κ3) is 2.23. The number of ether oxygens (including phenoxy) is 1. The molecule has 2 rings (SSSR count). The minimum Gasteiger partial charge on any atom is -0.376 e. The average Bonchev–Trinajstić information content (AvgIpc) is 2.63. The van der Waals surface area contributed by atoms with E-state index < -0.39 is 0 Å². The number of aryl methyl sites for hydroxylation is 1. The van der Waals surface area contributed by atoms with Gasteiger partial charge < -0.3 is 9.30 Å². The summed E-state index contributed by atoms with van der Waals surface area (Å²) >= 11 is 0. The van der Waals surface area contributed by atoms with Gasteiger partial charge in [0.2, 0.25) is 0 Å². The number of aromatic nitrogens is 2. The van der Waals surface area contributed by atoms with Crippen LogP contribution < -0.4 is 0 Å². The molecular formula is C12H20N2O. The summed E-state index contributed by atoms with van der Waals surface area (Å²) in [6.07, 6.45) is 3.41. The van der Waals surface area contributed by atoms with Crippen molar-refractivity contribution in [2.75, 3.05) is 6.61 Å². The Balaban J connectivity index is 2.02. The van der Waals surface area contributed by atoms with Crippen LogP contribution in [0, 0.1) is 19.3 Å². The molecule has 0 bridgehead atoms. The van der Waals surface area contributed by atoms with E-state index in [0.29, 0.717) is 11.5 Å². The summed E-state index contributed by atoms with van der Waals surface area (Å²) in [6, 6.07) is 0. The molecule has 0 spiro atoms. The molecule has 1 aliphatic rings. The van der Waals surface area contributed by atoms with Gasteiger partial charge in [-0.25, -0.2) is 4.98 Å². The fourth-order valence-electron chi connectivity index (χ4n) is 2.14. The molecule has 1 saturated heterocycles. The quantitative estimate of drug-likeness (QED) is 0.745. The Morgan fingerprint density at radius 2 is 2.27 bits per heavy atom. The highest BCUT2D eigenvalue weighted by Crippen LogP contribution is 2.32. The Labute approximate surface area is 91.5 Å². The van der Waals surface area contributed by atoms with Crippen molar-refractivity contribution in [3.63, 3.8) is 0 Å². The second-order valence-electron chi connectivity index (χ2n) is 5.37. The molecular weight excluding hydrogens is 188 g/mol. The number of hydrogen-bond donors (Lipinski definition) is 0. The van der Waals surface area contributed by atoms with E-state index in [1.807, 2.05) is 13.3 Å². The maximum atomic E-state index is 5.79. The second-order valence-corrected chi connectivity index (χ2v) is 5.37. The van der Waals surface area contributed by atoms with Crippen molar-refractivity contribution in [3.05, 3.63) is 17.7 Å². The molecule has 0 amide bonds. The van der Waals surface area contributed by atoms with Gasteiger partial charge in [-0.15, -0.1) is 0 Å². The van der Waals surface area contributed by atoms with Crippen molar-refractivity contribution in [2.45, 2.75) is 46.8 Å². The zero-order valence-electron chi connectivity index (χ0n) is 10.1. The summed E-state index contributed by atoms with van der Waals surface area (Å²) in [4.78, 5) is 4.30. The zero-order chi connectivity index (χ0) is 11.1. The van der Waals surface area contributed by atoms with Crippen LogP contribution in [0.3, 0.4) is 0 Å². The first-order valence-corrected chi connectivity index (χ1v) is 5.58. The second kappa shape index (κ2) is 3.63. The molecule has 1 aromatic rings. The third-order valence-electron chi connectivity index (χ3n) is 3.24. The van der Waals surface area contributed by atoms with E-state index in [2.05, 4.69) is 30.3 Å². The normalized spacial score (nSPS) is 24.7. The standard InChI is InChI=1S/C12H20N2O/c1-9-10(2)14(8-13-9)6-11-5-12(3,4)7-15-11/h8,11H,5-7H2,1-4H3. The Hall–Kier alpha value is -0.830. The highest BCUT2D eigenvalue weighted by molar-refractivity contribution is 5.08. The van der Waals surface area contributed by atoms with Crippen molar-refractivity contribution in [2.24, 2.45) is 5.41 Å². The predicted molar refractivity (Wildman–Crippen MR) is 59.8 cm³/mol. The van der Waals surface area contributed by atoms with Crippen LogP contribution >= 0.6 is 0 Å². The molecule has 1 aliphatic heterocycles. The topological polar surface area (TPSA) is 27.1 Å². The molecule has 3 heteroatoms. The smallest absolute Gasteiger partial charge is 0.0952 e. The van der Waals surface area contributed by atoms with Crippen LogP contribution in [0.15, 0.2) is 6.33 Å². The molecule has 0 radical (unpaired) electrons. The fourth-order valence-corrected chi connectivity index (χ4v) is 2.14. The van der Waals surface area contributed by atoms with E-state index in [0.717, 1.165) is 25.3 Å². The first-order valence-electron chi connectivity index (χ1n) is 5.58. The van der Waals surface area contributed by atoms with E-state index >= 15 is 0 Å². The highest BCUT2D eigenvalue weighted by atomic mass is 16.5. The number of imidazole rings is 1. The number of rotatable bonds is 2. The van der Waals surface area contributed by atoms with Gasteiger partial charge in [-0.1, -0.05) is 13.8 Å². The summed E-state index contributed by atoms with van der Waals surface area (Å²) < 4.78 is 7.98. The van der Waals surface area contributed by atoms with E-state index in [-0.39, 0.29) is 0 Å². The molecule has 0 N–H and O–H groups in total. The molecule has 1 aromatic heterocycles. The van der Waals surface area contributed by atoms with Crippen LogP contribution in [-0.4, -0.2) is 22.3 Å². The van der Waals surface area contributed by atoms with E-state index in [4.69, 9.17) is 4.74 Å². The fraction of sp³-hybridized carbons (Fsp3) is 0.750. The van der Waals surface area contributed by atoms with Crippen LogP contribution in [0.5, 0.6) is 0 Å². The Morgan fingerprint density at radius 1 is 1.53 bits per heavy atom. The van der Waals surface area contributed by atoms with Gasteiger partial charge in [0.05, 0.1) is 31.3 Å². The van der Waals surface area contributed by atoms with Crippen LogP contribution in [0.4, 0.5) is 0 Å². The molecule has 84 valence electrons. The van der Waals surface area contributed by atoms with Gasteiger partial charge in [-0.05, 0) is 25.7 Å². The monoisotopic (exact) mass is 208 g/mol. The SMILES string of the molecule is Cc1ncn(CC2CC(C)(C)CO2)c1C.